The summed E-state index contributed by atoms with van der Waals surface area (Å²) in [5.41, 5.74) is 7.45. The maximum absolute atomic E-state index is 13.3. The molecule has 3 rings (SSSR count). The third-order valence-electron chi connectivity index (χ3n) is 2.88. The standard InChI is InChI=1S/C14H10FN3O2/c15-10-3-1-2-8(6-10)12-13(18-20-14(12)16)9-4-5-17-11(19)7-9/h1-7H,16H2,(H,17,19). The zero-order valence-corrected chi connectivity index (χ0v) is 10.3. The number of halogens is 1. The Morgan fingerprint density at radius 2 is 2.05 bits per heavy atom. The number of nitrogen functional groups attached to an aromatic ring is 1. The number of pyridine rings is 1. The van der Waals surface area contributed by atoms with Crippen molar-refractivity contribution >= 4 is 5.88 Å². The number of nitrogens with two attached hydrogens (primary N) is 1. The molecule has 20 heavy (non-hydrogen) atoms. The Bertz CT molecular complexity index is 823. The van der Waals surface area contributed by atoms with E-state index >= 15 is 0 Å². The molecule has 0 radical (unpaired) electrons. The first kappa shape index (κ1) is 12.2. The van der Waals surface area contributed by atoms with Crippen LogP contribution in [0.25, 0.3) is 22.4 Å². The van der Waals surface area contributed by atoms with Gasteiger partial charge in [0.15, 0.2) is 0 Å². The Morgan fingerprint density at radius 3 is 2.80 bits per heavy atom. The number of aromatic amines is 1. The minimum absolute atomic E-state index is 0.0749. The summed E-state index contributed by atoms with van der Waals surface area (Å²) in [7, 11) is 0. The van der Waals surface area contributed by atoms with Crippen molar-refractivity contribution < 1.29 is 8.91 Å². The van der Waals surface area contributed by atoms with Crippen molar-refractivity contribution in [3.05, 3.63) is 58.8 Å². The second kappa shape index (κ2) is 4.65. The van der Waals surface area contributed by atoms with Gasteiger partial charge in [0.1, 0.15) is 11.5 Å². The molecule has 0 spiro atoms. The number of hydrogen-bond acceptors (Lipinski definition) is 4. The number of nitrogens with one attached hydrogen (secondary N) is 1. The number of hydrogen-bond donors (Lipinski definition) is 2. The van der Waals surface area contributed by atoms with Gasteiger partial charge in [0.2, 0.25) is 11.4 Å². The van der Waals surface area contributed by atoms with Crippen LogP contribution < -0.4 is 11.3 Å². The van der Waals surface area contributed by atoms with Crippen molar-refractivity contribution in [2.75, 3.05) is 5.73 Å². The lowest BCUT2D eigenvalue weighted by atomic mass is 10.0. The van der Waals surface area contributed by atoms with E-state index in [9.17, 15) is 9.18 Å². The van der Waals surface area contributed by atoms with Crippen LogP contribution >= 0.6 is 0 Å². The molecule has 6 heteroatoms. The first-order valence-corrected chi connectivity index (χ1v) is 5.85. The molecule has 0 aliphatic heterocycles. The monoisotopic (exact) mass is 271 g/mol. The number of aromatic nitrogens is 2. The number of anilines is 1. The topological polar surface area (TPSA) is 84.9 Å². The molecule has 0 saturated carbocycles. The van der Waals surface area contributed by atoms with Crippen LogP contribution in [0.3, 0.4) is 0 Å². The highest BCUT2D eigenvalue weighted by Gasteiger charge is 2.18. The summed E-state index contributed by atoms with van der Waals surface area (Å²) in [6.07, 6.45) is 1.50. The van der Waals surface area contributed by atoms with Gasteiger partial charge in [0, 0.05) is 17.8 Å². The fourth-order valence-corrected chi connectivity index (χ4v) is 2.01. The second-order valence-corrected chi connectivity index (χ2v) is 4.22. The molecule has 0 atom stereocenters. The van der Waals surface area contributed by atoms with Gasteiger partial charge in [-0.05, 0) is 23.8 Å². The first-order chi connectivity index (χ1) is 9.65. The molecule has 0 fully saturated rings. The average Bonchev–Trinajstić information content (AvgIpc) is 2.80. The van der Waals surface area contributed by atoms with Gasteiger partial charge in [-0.25, -0.2) is 4.39 Å². The van der Waals surface area contributed by atoms with Gasteiger partial charge in [0.05, 0.1) is 5.56 Å². The zero-order chi connectivity index (χ0) is 14.1. The summed E-state index contributed by atoms with van der Waals surface area (Å²) in [5, 5.41) is 3.86. The van der Waals surface area contributed by atoms with Crippen LogP contribution in [0.4, 0.5) is 10.3 Å². The third-order valence-corrected chi connectivity index (χ3v) is 2.88. The molecule has 0 aliphatic rings. The summed E-state index contributed by atoms with van der Waals surface area (Å²) in [4.78, 5) is 13.9. The molecule has 0 unspecified atom stereocenters. The summed E-state index contributed by atoms with van der Waals surface area (Å²) >= 11 is 0. The van der Waals surface area contributed by atoms with Gasteiger partial charge in [0.25, 0.3) is 0 Å². The molecule has 100 valence electrons. The largest absolute Gasteiger partial charge is 0.367 e. The molecule has 3 aromatic rings. The van der Waals surface area contributed by atoms with Gasteiger partial charge in [-0.15, -0.1) is 0 Å². The van der Waals surface area contributed by atoms with Crippen LogP contribution in [-0.4, -0.2) is 10.1 Å². The van der Waals surface area contributed by atoms with Crippen LogP contribution in [0.5, 0.6) is 0 Å². The Kier molecular flexibility index (Phi) is 2.83. The van der Waals surface area contributed by atoms with Crippen molar-refractivity contribution in [2.24, 2.45) is 0 Å². The minimum atomic E-state index is -0.389. The highest BCUT2D eigenvalue weighted by Crippen LogP contribution is 2.35. The lowest BCUT2D eigenvalue weighted by Crippen LogP contribution is -2.02. The van der Waals surface area contributed by atoms with Crippen LogP contribution in [-0.2, 0) is 0 Å². The van der Waals surface area contributed by atoms with Crippen molar-refractivity contribution in [1.82, 2.24) is 10.1 Å². The molecule has 3 N–H and O–H groups in total. The predicted molar refractivity (Wildman–Crippen MR) is 72.4 cm³/mol. The molecule has 0 saturated heterocycles. The fourth-order valence-electron chi connectivity index (χ4n) is 2.01. The maximum atomic E-state index is 13.3. The predicted octanol–water partition coefficient (Wildman–Crippen LogP) is 2.42. The first-order valence-electron chi connectivity index (χ1n) is 5.85. The van der Waals surface area contributed by atoms with E-state index in [0.717, 1.165) is 0 Å². The van der Waals surface area contributed by atoms with Crippen LogP contribution in [0, 0.1) is 5.82 Å². The van der Waals surface area contributed by atoms with E-state index in [2.05, 4.69) is 10.1 Å². The molecule has 1 aromatic carbocycles. The fraction of sp³-hybridized carbons (Fsp3) is 0. The van der Waals surface area contributed by atoms with Crippen LogP contribution in [0.1, 0.15) is 0 Å². The summed E-state index contributed by atoms with van der Waals surface area (Å²) in [6, 6.07) is 8.97. The molecule has 0 bridgehead atoms. The van der Waals surface area contributed by atoms with E-state index in [1.165, 1.54) is 24.4 Å². The van der Waals surface area contributed by atoms with E-state index in [4.69, 9.17) is 10.3 Å². The number of H-pyrrole nitrogens is 1. The van der Waals surface area contributed by atoms with E-state index in [1.807, 2.05) is 0 Å². The quantitative estimate of drug-likeness (QED) is 0.749. The highest BCUT2D eigenvalue weighted by molar-refractivity contribution is 5.86. The van der Waals surface area contributed by atoms with Gasteiger partial charge in [-0.2, -0.15) is 0 Å². The maximum Gasteiger partial charge on any atom is 0.248 e. The van der Waals surface area contributed by atoms with Crippen molar-refractivity contribution in [1.29, 1.82) is 0 Å². The van der Waals surface area contributed by atoms with Gasteiger partial charge in [-0.1, -0.05) is 17.3 Å². The molecular weight excluding hydrogens is 261 g/mol. The van der Waals surface area contributed by atoms with Gasteiger partial charge >= 0.3 is 0 Å². The average molecular weight is 271 g/mol. The molecule has 0 aliphatic carbocycles. The Labute approximate surface area is 112 Å². The zero-order valence-electron chi connectivity index (χ0n) is 10.3. The Balaban J connectivity index is 2.22. The van der Waals surface area contributed by atoms with E-state index in [0.29, 0.717) is 22.4 Å². The van der Waals surface area contributed by atoms with Crippen LogP contribution in [0.15, 0.2) is 51.9 Å². The SMILES string of the molecule is Nc1onc(-c2cc[nH]c(=O)c2)c1-c1cccc(F)c1. The molecular formula is C14H10FN3O2. The van der Waals surface area contributed by atoms with E-state index in [1.54, 1.807) is 18.2 Å². The highest BCUT2D eigenvalue weighted by atomic mass is 19.1. The lowest BCUT2D eigenvalue weighted by Gasteiger charge is -2.02. The second-order valence-electron chi connectivity index (χ2n) is 4.22. The molecule has 2 heterocycles. The van der Waals surface area contributed by atoms with E-state index in [-0.39, 0.29) is 17.3 Å². The summed E-state index contributed by atoms with van der Waals surface area (Å²) in [5.74, 6) is -0.314. The normalized spacial score (nSPS) is 10.7. The number of benzene rings is 1. The number of nitrogens with zero attached hydrogens (tertiary/aromatic N) is 1. The smallest absolute Gasteiger partial charge is 0.248 e. The van der Waals surface area contributed by atoms with Gasteiger partial charge in [-0.3, -0.25) is 4.79 Å². The van der Waals surface area contributed by atoms with Crippen LogP contribution in [0.2, 0.25) is 0 Å². The lowest BCUT2D eigenvalue weighted by molar-refractivity contribution is 0.439. The van der Waals surface area contributed by atoms with Crippen molar-refractivity contribution in [3.63, 3.8) is 0 Å². The third kappa shape index (κ3) is 2.07. The number of rotatable bonds is 2. The molecule has 5 nitrogen and oxygen atoms in total. The Morgan fingerprint density at radius 1 is 1.20 bits per heavy atom. The summed E-state index contributed by atoms with van der Waals surface area (Å²) < 4.78 is 18.3. The molecule has 0 amide bonds. The Hall–Kier alpha value is -2.89. The van der Waals surface area contributed by atoms with Gasteiger partial charge < -0.3 is 15.2 Å². The summed E-state index contributed by atoms with van der Waals surface area (Å²) in [6.45, 7) is 0. The van der Waals surface area contributed by atoms with Crippen molar-refractivity contribution in [3.8, 4) is 22.4 Å². The molecule has 2 aromatic heterocycles. The minimum Gasteiger partial charge on any atom is -0.367 e. The van der Waals surface area contributed by atoms with Crippen molar-refractivity contribution in [2.45, 2.75) is 0 Å². The van der Waals surface area contributed by atoms with E-state index < -0.39 is 0 Å².